The maximum Gasteiger partial charge on any atom is 0.307 e. The molecule has 0 radical (unpaired) electrons. The van der Waals surface area contributed by atoms with Crippen molar-refractivity contribution < 1.29 is 13.5 Å². The third-order valence-electron chi connectivity index (χ3n) is 2.28. The Balaban J connectivity index is 2.39. The van der Waals surface area contributed by atoms with Gasteiger partial charge in [0.1, 0.15) is 5.76 Å². The fraction of sp³-hybridized carbons (Fsp3) is 0.167. The van der Waals surface area contributed by atoms with Crippen LogP contribution >= 0.6 is 0 Å². The SMILES string of the molecule is Cc1cc(C(=O)N=S(C)(=O)c2ccccc2)no1. The normalized spacial score (nSPS) is 13.9. The van der Waals surface area contributed by atoms with E-state index < -0.39 is 15.6 Å². The van der Waals surface area contributed by atoms with Gasteiger partial charge in [0.25, 0.3) is 0 Å². The molecule has 0 fully saturated rings. The number of carbonyl (C=O) groups is 1. The molecular formula is C12H12N2O3S. The van der Waals surface area contributed by atoms with Crippen LogP contribution in [0.15, 0.2) is 50.2 Å². The first-order chi connectivity index (χ1) is 8.49. The van der Waals surface area contributed by atoms with Gasteiger partial charge in [0.2, 0.25) is 0 Å². The van der Waals surface area contributed by atoms with Gasteiger partial charge in [-0.15, -0.1) is 0 Å². The predicted octanol–water partition coefficient (Wildman–Crippen LogP) is 2.28. The van der Waals surface area contributed by atoms with Crippen molar-refractivity contribution >= 4 is 15.6 Å². The van der Waals surface area contributed by atoms with Crippen molar-refractivity contribution in [3.8, 4) is 0 Å². The Kier molecular flexibility index (Phi) is 3.29. The van der Waals surface area contributed by atoms with Gasteiger partial charge >= 0.3 is 5.91 Å². The highest BCUT2D eigenvalue weighted by Gasteiger charge is 2.14. The van der Waals surface area contributed by atoms with Crippen LogP contribution in [0.25, 0.3) is 0 Å². The van der Waals surface area contributed by atoms with Crippen molar-refractivity contribution in [1.29, 1.82) is 0 Å². The molecule has 6 heteroatoms. The number of nitrogens with zero attached hydrogens (tertiary/aromatic N) is 2. The molecule has 0 spiro atoms. The number of hydrogen-bond acceptors (Lipinski definition) is 4. The molecule has 0 bridgehead atoms. The van der Waals surface area contributed by atoms with E-state index in [0.29, 0.717) is 10.7 Å². The van der Waals surface area contributed by atoms with E-state index in [1.54, 1.807) is 31.2 Å². The van der Waals surface area contributed by atoms with E-state index in [0.717, 1.165) is 0 Å². The number of aromatic nitrogens is 1. The third-order valence-corrected chi connectivity index (χ3v) is 3.95. The average Bonchev–Trinajstić information content (AvgIpc) is 2.77. The van der Waals surface area contributed by atoms with Gasteiger partial charge in [0.15, 0.2) is 5.69 Å². The molecule has 1 heterocycles. The lowest BCUT2D eigenvalue weighted by Gasteiger charge is -2.01. The molecule has 2 aromatic rings. The summed E-state index contributed by atoms with van der Waals surface area (Å²) in [5.41, 5.74) is 0.0676. The summed E-state index contributed by atoms with van der Waals surface area (Å²) >= 11 is 0. The average molecular weight is 264 g/mol. The minimum Gasteiger partial charge on any atom is -0.361 e. The van der Waals surface area contributed by atoms with Crippen LogP contribution in [0.1, 0.15) is 16.2 Å². The van der Waals surface area contributed by atoms with Crippen LogP contribution in [0.5, 0.6) is 0 Å². The second-order valence-electron chi connectivity index (χ2n) is 3.83. The first-order valence-corrected chi connectivity index (χ1v) is 7.16. The third kappa shape index (κ3) is 2.65. The zero-order chi connectivity index (χ0) is 13.2. The monoisotopic (exact) mass is 264 g/mol. The zero-order valence-corrected chi connectivity index (χ0v) is 10.8. The molecule has 0 saturated carbocycles. The largest absolute Gasteiger partial charge is 0.361 e. The van der Waals surface area contributed by atoms with E-state index in [1.165, 1.54) is 12.3 Å². The summed E-state index contributed by atoms with van der Waals surface area (Å²) in [4.78, 5) is 12.3. The van der Waals surface area contributed by atoms with E-state index in [-0.39, 0.29) is 5.69 Å². The van der Waals surface area contributed by atoms with Gasteiger partial charge in [-0.3, -0.25) is 4.79 Å². The predicted molar refractivity (Wildman–Crippen MR) is 66.8 cm³/mol. The number of rotatable bonds is 2. The number of benzene rings is 1. The summed E-state index contributed by atoms with van der Waals surface area (Å²) in [7, 11) is -2.75. The van der Waals surface area contributed by atoms with Crippen LogP contribution in [-0.2, 0) is 9.73 Å². The van der Waals surface area contributed by atoms with Crippen LogP contribution in [-0.4, -0.2) is 21.5 Å². The lowest BCUT2D eigenvalue weighted by molar-refractivity contribution is 0.0996. The highest BCUT2D eigenvalue weighted by atomic mass is 32.2. The molecule has 1 aromatic carbocycles. The Hall–Kier alpha value is -1.95. The van der Waals surface area contributed by atoms with E-state index in [1.807, 2.05) is 6.07 Å². The highest BCUT2D eigenvalue weighted by Crippen LogP contribution is 2.12. The Morgan fingerprint density at radius 2 is 2.00 bits per heavy atom. The molecule has 94 valence electrons. The van der Waals surface area contributed by atoms with Crippen LogP contribution in [0.3, 0.4) is 0 Å². The summed E-state index contributed by atoms with van der Waals surface area (Å²) in [5, 5.41) is 3.55. The first kappa shape index (κ1) is 12.5. The summed E-state index contributed by atoms with van der Waals surface area (Å²) in [5.74, 6) is -0.126. The summed E-state index contributed by atoms with van der Waals surface area (Å²) < 4.78 is 20.8. The lowest BCUT2D eigenvalue weighted by atomic mass is 10.4. The van der Waals surface area contributed by atoms with E-state index in [9.17, 15) is 9.00 Å². The van der Waals surface area contributed by atoms with Crippen LogP contribution in [0.4, 0.5) is 0 Å². The fourth-order valence-electron chi connectivity index (χ4n) is 1.40. The van der Waals surface area contributed by atoms with Gasteiger partial charge < -0.3 is 4.52 Å². The van der Waals surface area contributed by atoms with Gasteiger partial charge in [-0.2, -0.15) is 4.36 Å². The number of amides is 1. The van der Waals surface area contributed by atoms with Crippen molar-refractivity contribution in [2.45, 2.75) is 11.8 Å². The molecule has 5 nitrogen and oxygen atoms in total. The summed E-state index contributed by atoms with van der Waals surface area (Å²) in [6.45, 7) is 1.67. The van der Waals surface area contributed by atoms with Crippen molar-refractivity contribution in [1.82, 2.24) is 5.16 Å². The summed E-state index contributed by atoms with van der Waals surface area (Å²) in [6, 6.07) is 10.1. The van der Waals surface area contributed by atoms with Crippen LogP contribution < -0.4 is 0 Å². The Morgan fingerprint density at radius 1 is 1.33 bits per heavy atom. The molecule has 0 aliphatic rings. The number of hydrogen-bond donors (Lipinski definition) is 0. The molecule has 1 atom stereocenters. The van der Waals surface area contributed by atoms with Crippen molar-refractivity contribution in [3.05, 3.63) is 47.9 Å². The standard InChI is InChI=1S/C12H12N2O3S/c1-9-8-11(13-17-9)12(15)14-18(2,16)10-6-4-3-5-7-10/h3-8H,1-2H3. The van der Waals surface area contributed by atoms with Crippen molar-refractivity contribution in [2.75, 3.05) is 6.26 Å². The van der Waals surface area contributed by atoms with Crippen LogP contribution in [0.2, 0.25) is 0 Å². The van der Waals surface area contributed by atoms with E-state index in [4.69, 9.17) is 4.52 Å². The second kappa shape index (κ2) is 4.73. The molecular weight excluding hydrogens is 252 g/mol. The minimum absolute atomic E-state index is 0.0676. The molecule has 0 aliphatic heterocycles. The van der Waals surface area contributed by atoms with Gasteiger partial charge in [0.05, 0.1) is 9.73 Å². The molecule has 1 aromatic heterocycles. The minimum atomic E-state index is -2.75. The van der Waals surface area contributed by atoms with Crippen molar-refractivity contribution in [3.63, 3.8) is 0 Å². The fourth-order valence-corrected chi connectivity index (χ4v) is 2.58. The summed E-state index contributed by atoms with van der Waals surface area (Å²) in [6.07, 6.45) is 1.42. The molecule has 0 N–H and O–H groups in total. The van der Waals surface area contributed by atoms with Gasteiger partial charge in [-0.1, -0.05) is 23.4 Å². The van der Waals surface area contributed by atoms with Crippen molar-refractivity contribution in [2.24, 2.45) is 4.36 Å². The molecule has 18 heavy (non-hydrogen) atoms. The van der Waals surface area contributed by atoms with Gasteiger partial charge in [0, 0.05) is 17.2 Å². The molecule has 2 rings (SSSR count). The maximum absolute atomic E-state index is 12.3. The molecule has 1 unspecified atom stereocenters. The smallest absolute Gasteiger partial charge is 0.307 e. The Bertz CT molecular complexity index is 682. The topological polar surface area (TPSA) is 72.5 Å². The first-order valence-electron chi connectivity index (χ1n) is 5.24. The van der Waals surface area contributed by atoms with Crippen LogP contribution in [0, 0.1) is 6.92 Å². The van der Waals surface area contributed by atoms with Gasteiger partial charge in [-0.25, -0.2) is 4.21 Å². The second-order valence-corrected chi connectivity index (χ2v) is 6.09. The quantitative estimate of drug-likeness (QED) is 0.834. The Labute approximate surface area is 105 Å². The zero-order valence-electron chi connectivity index (χ0n) is 9.99. The number of carbonyl (C=O) groups excluding carboxylic acids is 1. The maximum atomic E-state index is 12.3. The Morgan fingerprint density at radius 3 is 2.56 bits per heavy atom. The van der Waals surface area contributed by atoms with Gasteiger partial charge in [-0.05, 0) is 19.1 Å². The molecule has 0 aliphatic carbocycles. The molecule has 0 saturated heterocycles. The van der Waals surface area contributed by atoms with E-state index >= 15 is 0 Å². The van der Waals surface area contributed by atoms with E-state index in [2.05, 4.69) is 9.52 Å². The highest BCUT2D eigenvalue weighted by molar-refractivity contribution is 7.93. The number of aryl methyl sites for hydroxylation is 1. The lowest BCUT2D eigenvalue weighted by Crippen LogP contribution is -2.03. The molecule has 1 amide bonds.